The molecule has 1 heterocycles. The van der Waals surface area contributed by atoms with Gasteiger partial charge in [0.15, 0.2) is 0 Å². The number of hydrogen-bond donors (Lipinski definition) is 5. The standard InChI is InChI=1S/C16H23ClO4.C13H17ClO4.C11H13ClO4.C9H11NO2.C8H8ClIO2.C7H5ClO4.C4H8O.CH3F.BBr3.Li.H2O/c1-9(2)19-13-7-12(16(18)21-11(5)6)8-14(15(13)17)20-10(3)4;1-7(2)17-10-5-9(13(15)16)6-11(12(10)14)18-8(3)4;1-4-16-11(13)7-5-8(14-2)10(12)9(6-7)15-3;1-6-5-7(10)3-4-8(6)9(11)12-2;1-11-6-3-5(10)4-7(12-2)8(6)9;8-6-4(9)1-3(7(11)12)2-5(6)10;1-2-4-5-3-1;1-2;2-1(3)4;;/h7-11H,1-6H3;5-8H,1-4H3,(H,15,16);5-6H,4H2,1-3H3;3-5H,10H2,1-2H3;3-4H,1-2H3;1-2,9-10H,(H,11,12);1-4H2;1H3;;;1H2/q;;;;;;;;;+1;/p-1/i;;;;;;;1D;;;. The fourth-order valence-corrected chi connectivity index (χ4v) is 8.92. The summed E-state index contributed by atoms with van der Waals surface area (Å²) in [5.74, 6) is -0.860. The van der Waals surface area contributed by atoms with E-state index in [0.29, 0.717) is 95.1 Å². The van der Waals surface area contributed by atoms with Gasteiger partial charge in [-0.2, -0.15) is 0 Å². The number of aromatic carboxylic acids is 2. The normalized spacial score (nSPS) is 10.6. The van der Waals surface area contributed by atoms with Crippen molar-refractivity contribution in [3.63, 3.8) is 0 Å². The number of anilines is 1. The third kappa shape index (κ3) is 41.6. The van der Waals surface area contributed by atoms with Crippen LogP contribution in [0, 0.1) is 10.5 Å². The van der Waals surface area contributed by atoms with Crippen molar-refractivity contribution in [1.29, 1.82) is 0 Å². The first kappa shape index (κ1) is 103. The van der Waals surface area contributed by atoms with Crippen molar-refractivity contribution in [2.24, 2.45) is 0 Å². The maximum absolute atomic E-state index is 12.1. The molecule has 576 valence electrons. The number of phenolic OH excluding ortho intramolecular Hbond substituents is 2. The van der Waals surface area contributed by atoms with Crippen LogP contribution in [0.15, 0.2) is 78.9 Å². The number of nitrogen functional groups attached to an aromatic ring is 1. The number of esters is 3. The summed E-state index contributed by atoms with van der Waals surface area (Å²) >= 11 is 41.1. The van der Waals surface area contributed by atoms with E-state index in [2.05, 4.69) is 74.6 Å². The van der Waals surface area contributed by atoms with Gasteiger partial charge in [-0.3, -0.25) is 4.39 Å². The van der Waals surface area contributed by atoms with Crippen LogP contribution >= 0.6 is 128 Å². The topological polar surface area (TPSA) is 333 Å². The molecule has 35 heteroatoms. The molecule has 1 saturated heterocycles. The zero-order valence-corrected chi connectivity index (χ0v) is 71.4. The minimum Gasteiger partial charge on any atom is -0.870 e. The molecular weight excluding hydrogens is 1780 g/mol. The van der Waals surface area contributed by atoms with Crippen molar-refractivity contribution in [2.75, 3.05) is 68.3 Å². The molecule has 0 bridgehead atoms. The number of carboxylic acids is 2. The second-order valence-corrected chi connectivity index (χ2v) is 30.9. The number of carboxylic acid groups (broad SMARTS) is 2. The molecule has 0 spiro atoms. The van der Waals surface area contributed by atoms with Crippen molar-refractivity contribution < 1.29 is 131 Å². The van der Waals surface area contributed by atoms with Gasteiger partial charge in [0, 0.05) is 22.5 Å². The number of rotatable bonds is 19. The average Bonchev–Trinajstić information content (AvgIpc) is 1.25. The van der Waals surface area contributed by atoms with E-state index in [9.17, 15) is 28.4 Å². The summed E-state index contributed by atoms with van der Waals surface area (Å²) in [6.07, 6.45) is 2.03. The Morgan fingerprint density at radius 2 is 0.856 bits per heavy atom. The van der Waals surface area contributed by atoms with Gasteiger partial charge in [0.05, 0.1) is 109 Å². The number of carbonyl (C=O) groups excluding carboxylic acids is 3. The SMILES string of the molecule is BrB(Br)Br.C1CCOC1.CC(C)OC(=O)c1cc(OC(C)C)c(Cl)c(OC(C)C)c1.CC(C)Oc1cc(C(=O)O)cc(OC(C)C)c1Cl.CCOC(=O)c1cc(OC)c(Cl)c(OC)c1.COC(=O)c1ccc(N)cc1C.COc1cc(I)cc(OC)c1Cl.O=C(O)c1cc(O)c(Cl)c(O)c1.[2H]CF.[Li+].[OH-]. The molecule has 0 radical (unpaired) electrons. The third-order valence-corrected chi connectivity index (χ3v) is 13.9. The molecule has 7 N–H and O–H groups in total. The molecule has 0 unspecified atom stereocenters. The number of aryl methyl sites for hydroxylation is 1. The number of alkyl halides is 1. The predicted octanol–water partition coefficient (Wildman–Crippen LogP) is 16.8. The Balaban J connectivity index is -0.000000567. The van der Waals surface area contributed by atoms with E-state index < -0.39 is 42.5 Å². The van der Waals surface area contributed by atoms with Gasteiger partial charge >= 0.3 is 51.9 Å². The van der Waals surface area contributed by atoms with E-state index in [0.717, 1.165) is 34.5 Å². The van der Waals surface area contributed by atoms with Crippen molar-refractivity contribution in [3.8, 4) is 57.5 Å². The Morgan fingerprint density at radius 3 is 1.13 bits per heavy atom. The summed E-state index contributed by atoms with van der Waals surface area (Å²) in [6.45, 7) is 24.4. The molecule has 0 atom stereocenters. The Hall–Kier alpha value is -5.40. The van der Waals surface area contributed by atoms with E-state index in [4.69, 9.17) is 138 Å². The maximum atomic E-state index is 12.1. The summed E-state index contributed by atoms with van der Waals surface area (Å²) in [5.41, 5.74) is 8.15. The summed E-state index contributed by atoms with van der Waals surface area (Å²) in [6, 6.07) is 19.7. The first-order chi connectivity index (χ1) is 48.1. The summed E-state index contributed by atoms with van der Waals surface area (Å²) < 4.78 is 78.8. The van der Waals surface area contributed by atoms with Crippen molar-refractivity contribution in [3.05, 3.63) is 141 Å². The number of halogens is 10. The van der Waals surface area contributed by atoms with Crippen LogP contribution in [0.5, 0.6) is 57.5 Å². The number of benzene rings is 6. The fourth-order valence-electron chi connectivity index (χ4n) is 7.32. The number of carbonyl (C=O) groups is 5. The molecule has 0 amide bonds. The van der Waals surface area contributed by atoms with Gasteiger partial charge in [0.25, 0.3) is 0 Å². The maximum Gasteiger partial charge on any atom is 1.00 e. The number of aromatic hydroxyl groups is 2. The van der Waals surface area contributed by atoms with Crippen LogP contribution in [-0.4, -0.2) is 152 Å². The van der Waals surface area contributed by atoms with Gasteiger partial charge in [-0.1, -0.05) is 58.0 Å². The third-order valence-electron chi connectivity index (χ3n) is 11.4. The Kier molecular flexibility index (Phi) is 56.2. The van der Waals surface area contributed by atoms with E-state index in [-0.39, 0.29) is 80.2 Å². The number of nitrogens with two attached hydrogens (primary N) is 1. The smallest absolute Gasteiger partial charge is 0.870 e. The van der Waals surface area contributed by atoms with Gasteiger partial charge < -0.3 is 88.5 Å². The monoisotopic (exact) mass is 1860 g/mol. The number of ether oxygens (including phenoxy) is 12. The second-order valence-electron chi connectivity index (χ2n) is 21.3. The molecule has 104 heavy (non-hydrogen) atoms. The zero-order valence-electron chi connectivity index (χ0n) is 61.7. The van der Waals surface area contributed by atoms with Crippen molar-refractivity contribution in [1.82, 2.24) is 0 Å². The molecule has 23 nitrogen and oxygen atoms in total. The van der Waals surface area contributed by atoms with Crippen LogP contribution in [0.25, 0.3) is 0 Å². The average molecular weight is 1870 g/mol. The van der Waals surface area contributed by atoms with Gasteiger partial charge in [-0.15, -0.1) is 47.3 Å². The first-order valence-corrected chi connectivity index (χ1v) is 36.0. The summed E-state index contributed by atoms with van der Waals surface area (Å²) in [5, 5.41) is 36.7. The molecule has 1 aliphatic rings. The molecule has 6 aromatic rings. The zero-order chi connectivity index (χ0) is 79.6. The minimum atomic E-state index is -1.24. The van der Waals surface area contributed by atoms with Crippen molar-refractivity contribution >= 4 is 167 Å². The van der Waals surface area contributed by atoms with E-state index >= 15 is 0 Å². The molecule has 0 aromatic heterocycles. The van der Waals surface area contributed by atoms with E-state index in [1.54, 1.807) is 65.3 Å². The van der Waals surface area contributed by atoms with Gasteiger partial charge in [-0.25, -0.2) is 24.0 Å². The molecule has 6 aromatic carbocycles. The van der Waals surface area contributed by atoms with Gasteiger partial charge in [0.2, 0.25) is 0 Å². The Labute approximate surface area is 685 Å². The summed E-state index contributed by atoms with van der Waals surface area (Å²) in [4.78, 5) is 56.0. The van der Waals surface area contributed by atoms with E-state index in [1.165, 1.54) is 58.4 Å². The quantitative estimate of drug-likeness (QED) is 0.0165. The van der Waals surface area contributed by atoms with Crippen LogP contribution in [0.3, 0.4) is 0 Å². The second kappa shape index (κ2) is 56.8. The largest absolute Gasteiger partial charge is 1.00 e. The van der Waals surface area contributed by atoms with Gasteiger partial charge in [-0.05, 0) is 203 Å². The van der Waals surface area contributed by atoms with E-state index in [1.807, 2.05) is 74.4 Å². The minimum absolute atomic E-state index is 0. The number of phenols is 2. The molecule has 7 rings (SSSR count). The first-order valence-electron chi connectivity index (χ1n) is 31.0. The molecule has 0 aliphatic carbocycles. The Bertz CT molecular complexity index is 3470. The molecule has 1 fully saturated rings. The van der Waals surface area contributed by atoms with Gasteiger partial charge in [0.1, 0.15) is 82.6 Å². The van der Waals surface area contributed by atoms with Crippen LogP contribution < -0.4 is 62.5 Å². The van der Waals surface area contributed by atoms with Crippen LogP contribution in [0.2, 0.25) is 25.1 Å². The van der Waals surface area contributed by atoms with Crippen LogP contribution in [-0.2, 0) is 18.9 Å². The molecule has 1 aliphatic heterocycles. The molecule has 0 saturated carbocycles. The Morgan fingerprint density at radius 1 is 0.548 bits per heavy atom. The summed E-state index contributed by atoms with van der Waals surface area (Å²) in [7, 11) is 6.46. The number of hydrogen-bond acceptors (Lipinski definition) is 21. The van der Waals surface area contributed by atoms with Crippen LogP contribution in [0.4, 0.5) is 10.1 Å². The molecular formula is C69H89BBr3Cl5FILiNO22. The number of methoxy groups -OCH3 is 5. The predicted molar refractivity (Wildman–Crippen MR) is 421 cm³/mol. The van der Waals surface area contributed by atoms with Crippen LogP contribution in [0.1, 0.15) is 148 Å². The fraction of sp³-hybridized carbons (Fsp3) is 0.406. The van der Waals surface area contributed by atoms with Crippen molar-refractivity contribution in [2.45, 2.75) is 126 Å².